The van der Waals surface area contributed by atoms with Gasteiger partial charge in [-0.25, -0.2) is 17.5 Å². The lowest BCUT2D eigenvalue weighted by atomic mass is 9.96. The average Bonchev–Trinajstić information content (AvgIpc) is 2.35. The third kappa shape index (κ3) is 3.91. The van der Waals surface area contributed by atoms with Gasteiger partial charge in [-0.1, -0.05) is 6.92 Å². The van der Waals surface area contributed by atoms with E-state index in [0.29, 0.717) is 12.1 Å². The fourth-order valence-electron chi connectivity index (χ4n) is 2.20. The van der Waals surface area contributed by atoms with Gasteiger partial charge in [0, 0.05) is 12.6 Å². The molecule has 1 saturated heterocycles. The van der Waals surface area contributed by atoms with Crippen LogP contribution in [0, 0.1) is 18.7 Å². The van der Waals surface area contributed by atoms with Gasteiger partial charge in [-0.15, -0.1) is 12.4 Å². The van der Waals surface area contributed by atoms with Crippen LogP contribution in [0.1, 0.15) is 18.9 Å². The number of benzene rings is 1. The molecule has 1 aliphatic rings. The van der Waals surface area contributed by atoms with E-state index < -0.39 is 15.8 Å². The summed E-state index contributed by atoms with van der Waals surface area (Å²) in [4.78, 5) is 0.115. The smallest absolute Gasteiger partial charge is 0.240 e. The summed E-state index contributed by atoms with van der Waals surface area (Å²) < 4.78 is 40.4. The number of rotatable bonds is 3. The van der Waals surface area contributed by atoms with Crippen LogP contribution in [0.15, 0.2) is 23.1 Å². The molecule has 2 rings (SSSR count). The third-order valence-corrected chi connectivity index (χ3v) is 5.06. The second-order valence-electron chi connectivity index (χ2n) is 5.11. The van der Waals surface area contributed by atoms with Crippen LogP contribution in [0.25, 0.3) is 0 Å². The first-order chi connectivity index (χ1) is 8.90. The standard InChI is InChI=1S/C13H19FN2O2S.ClH/c1-9-5-6-15-8-13(9)16-19(17,18)11-3-4-12(14)10(2)7-11;/h3-4,7,9,13,15-16H,5-6,8H2,1-2H3;1H. The van der Waals surface area contributed by atoms with E-state index in [4.69, 9.17) is 0 Å². The highest BCUT2D eigenvalue weighted by molar-refractivity contribution is 7.89. The molecule has 0 amide bonds. The molecule has 0 bridgehead atoms. The predicted octanol–water partition coefficient (Wildman–Crippen LogP) is 1.83. The van der Waals surface area contributed by atoms with Crippen LogP contribution < -0.4 is 10.0 Å². The normalized spacial score (nSPS) is 23.1. The van der Waals surface area contributed by atoms with Gasteiger partial charge in [-0.2, -0.15) is 0 Å². The van der Waals surface area contributed by atoms with Crippen molar-refractivity contribution in [3.8, 4) is 0 Å². The van der Waals surface area contributed by atoms with Gasteiger partial charge in [-0.3, -0.25) is 0 Å². The second-order valence-corrected chi connectivity index (χ2v) is 6.82. The molecule has 20 heavy (non-hydrogen) atoms. The number of nitrogens with one attached hydrogen (secondary N) is 2. The van der Waals surface area contributed by atoms with E-state index in [-0.39, 0.29) is 29.3 Å². The van der Waals surface area contributed by atoms with Crippen molar-refractivity contribution in [2.75, 3.05) is 13.1 Å². The molecule has 0 aromatic heterocycles. The topological polar surface area (TPSA) is 58.2 Å². The minimum absolute atomic E-state index is 0. The molecule has 0 aliphatic carbocycles. The van der Waals surface area contributed by atoms with E-state index in [0.717, 1.165) is 13.0 Å². The molecule has 2 unspecified atom stereocenters. The monoisotopic (exact) mass is 322 g/mol. The first-order valence-corrected chi connectivity index (χ1v) is 7.87. The van der Waals surface area contributed by atoms with Crippen molar-refractivity contribution < 1.29 is 12.8 Å². The number of hydrogen-bond acceptors (Lipinski definition) is 3. The van der Waals surface area contributed by atoms with Gasteiger partial charge >= 0.3 is 0 Å². The Bertz CT molecular complexity index is 565. The Morgan fingerprint density at radius 3 is 2.70 bits per heavy atom. The van der Waals surface area contributed by atoms with Crippen LogP contribution in [-0.2, 0) is 10.0 Å². The molecule has 114 valence electrons. The average molecular weight is 323 g/mol. The highest BCUT2D eigenvalue weighted by atomic mass is 35.5. The fraction of sp³-hybridized carbons (Fsp3) is 0.538. The van der Waals surface area contributed by atoms with Gasteiger partial charge in [-0.05, 0) is 49.6 Å². The summed E-state index contributed by atoms with van der Waals surface area (Å²) in [6.45, 7) is 5.12. The van der Waals surface area contributed by atoms with E-state index in [9.17, 15) is 12.8 Å². The summed E-state index contributed by atoms with van der Waals surface area (Å²) in [5.74, 6) is -0.107. The number of aryl methyl sites for hydroxylation is 1. The van der Waals surface area contributed by atoms with Crippen LogP contribution >= 0.6 is 12.4 Å². The van der Waals surface area contributed by atoms with Gasteiger partial charge in [0.1, 0.15) is 5.82 Å². The second kappa shape index (κ2) is 6.85. The Labute approximate surface area is 125 Å². The molecule has 1 aliphatic heterocycles. The summed E-state index contributed by atoms with van der Waals surface area (Å²) in [5, 5.41) is 3.17. The van der Waals surface area contributed by atoms with Crippen LogP contribution in [0.5, 0.6) is 0 Å². The van der Waals surface area contributed by atoms with E-state index in [1.165, 1.54) is 18.2 Å². The minimum atomic E-state index is -3.59. The predicted molar refractivity (Wildman–Crippen MR) is 79.1 cm³/mol. The molecule has 1 aromatic carbocycles. The Kier molecular flexibility index (Phi) is 5.94. The van der Waals surface area contributed by atoms with E-state index >= 15 is 0 Å². The van der Waals surface area contributed by atoms with Crippen molar-refractivity contribution in [3.63, 3.8) is 0 Å². The van der Waals surface area contributed by atoms with Crippen molar-refractivity contribution in [3.05, 3.63) is 29.6 Å². The summed E-state index contributed by atoms with van der Waals surface area (Å²) in [6.07, 6.45) is 0.940. The van der Waals surface area contributed by atoms with E-state index in [1.54, 1.807) is 6.92 Å². The van der Waals surface area contributed by atoms with Crippen LogP contribution in [0.3, 0.4) is 0 Å². The molecule has 1 fully saturated rings. The Balaban J connectivity index is 0.00000200. The minimum Gasteiger partial charge on any atom is -0.315 e. The van der Waals surface area contributed by atoms with Gasteiger partial charge in [0.05, 0.1) is 4.90 Å². The summed E-state index contributed by atoms with van der Waals surface area (Å²) in [5.41, 5.74) is 0.331. The molecule has 7 heteroatoms. The lowest BCUT2D eigenvalue weighted by molar-refractivity contribution is 0.327. The molecule has 0 radical (unpaired) electrons. The highest BCUT2D eigenvalue weighted by Crippen LogP contribution is 2.17. The van der Waals surface area contributed by atoms with Crippen molar-refractivity contribution in [2.45, 2.75) is 31.2 Å². The van der Waals surface area contributed by atoms with Gasteiger partial charge in [0.15, 0.2) is 0 Å². The SMILES string of the molecule is Cc1cc(S(=O)(=O)NC2CNCCC2C)ccc1F.Cl. The van der Waals surface area contributed by atoms with Crippen molar-refractivity contribution >= 4 is 22.4 Å². The van der Waals surface area contributed by atoms with Crippen LogP contribution in [0.2, 0.25) is 0 Å². The summed E-state index contributed by atoms with van der Waals surface area (Å²) in [6, 6.07) is 3.72. The lowest BCUT2D eigenvalue weighted by Gasteiger charge is -2.30. The zero-order valence-corrected chi connectivity index (χ0v) is 13.2. The zero-order valence-electron chi connectivity index (χ0n) is 11.5. The molecule has 1 heterocycles. The molecule has 0 saturated carbocycles. The molecular weight excluding hydrogens is 303 g/mol. The van der Waals surface area contributed by atoms with E-state index in [2.05, 4.69) is 10.0 Å². The maximum Gasteiger partial charge on any atom is 0.240 e. The third-order valence-electron chi connectivity index (χ3n) is 3.57. The number of sulfonamides is 1. The van der Waals surface area contributed by atoms with Crippen molar-refractivity contribution in [2.24, 2.45) is 5.92 Å². The van der Waals surface area contributed by atoms with Crippen molar-refractivity contribution in [1.29, 1.82) is 0 Å². The largest absolute Gasteiger partial charge is 0.315 e. The lowest BCUT2D eigenvalue weighted by Crippen LogP contribution is -2.50. The number of halogens is 2. The van der Waals surface area contributed by atoms with Gasteiger partial charge in [0.2, 0.25) is 10.0 Å². The van der Waals surface area contributed by atoms with Gasteiger partial charge in [0.25, 0.3) is 0 Å². The van der Waals surface area contributed by atoms with E-state index in [1.807, 2.05) is 6.92 Å². The number of piperidine rings is 1. The Hall–Kier alpha value is -0.690. The summed E-state index contributed by atoms with van der Waals surface area (Å²) >= 11 is 0. The maximum absolute atomic E-state index is 13.2. The molecule has 2 N–H and O–H groups in total. The molecule has 4 nitrogen and oxygen atoms in total. The Morgan fingerprint density at radius 2 is 2.10 bits per heavy atom. The Morgan fingerprint density at radius 1 is 1.40 bits per heavy atom. The van der Waals surface area contributed by atoms with Gasteiger partial charge < -0.3 is 5.32 Å². The summed E-state index contributed by atoms with van der Waals surface area (Å²) in [7, 11) is -3.59. The fourth-order valence-corrected chi connectivity index (χ4v) is 3.63. The number of hydrogen-bond donors (Lipinski definition) is 2. The maximum atomic E-state index is 13.2. The molecule has 0 spiro atoms. The molecule has 2 atom stereocenters. The highest BCUT2D eigenvalue weighted by Gasteiger charge is 2.26. The first kappa shape index (κ1) is 17.4. The van der Waals surface area contributed by atoms with Crippen molar-refractivity contribution in [1.82, 2.24) is 10.0 Å². The molecule has 1 aromatic rings. The molecular formula is C13H20ClFN2O2S. The zero-order chi connectivity index (χ0) is 14.0. The quantitative estimate of drug-likeness (QED) is 0.892. The van der Waals surface area contributed by atoms with Crippen LogP contribution in [-0.4, -0.2) is 27.5 Å². The first-order valence-electron chi connectivity index (χ1n) is 6.39. The van der Waals surface area contributed by atoms with Crippen LogP contribution in [0.4, 0.5) is 4.39 Å².